The fraction of sp³-hybridized carbons (Fsp3) is 0.556. The standard InChI is InChI=1S/C18H24N2O3S/c1-11-6-8-12(9-7-11)10-19-17(23)15(21)16(22)18-20-13-4-2-3-5-14(13)24-18/h2-5,11-12,15-16,21-22H,6-10H2,1H3,(H,19,23). The highest BCUT2D eigenvalue weighted by molar-refractivity contribution is 7.18. The Balaban J connectivity index is 1.56. The highest BCUT2D eigenvalue weighted by atomic mass is 32.1. The number of nitrogens with zero attached hydrogens (tertiary/aromatic N) is 1. The van der Waals surface area contributed by atoms with Crippen molar-refractivity contribution in [1.29, 1.82) is 0 Å². The minimum atomic E-state index is -1.49. The summed E-state index contributed by atoms with van der Waals surface area (Å²) in [6.07, 6.45) is 1.81. The molecule has 0 aliphatic heterocycles. The molecule has 1 saturated carbocycles. The first kappa shape index (κ1) is 17.3. The Labute approximate surface area is 145 Å². The van der Waals surface area contributed by atoms with E-state index in [2.05, 4.69) is 17.2 Å². The quantitative estimate of drug-likeness (QED) is 0.776. The van der Waals surface area contributed by atoms with Gasteiger partial charge < -0.3 is 15.5 Å². The molecule has 1 amide bonds. The van der Waals surface area contributed by atoms with Crippen molar-refractivity contribution in [3.8, 4) is 0 Å². The van der Waals surface area contributed by atoms with Crippen molar-refractivity contribution < 1.29 is 15.0 Å². The first-order chi connectivity index (χ1) is 11.5. The van der Waals surface area contributed by atoms with E-state index in [1.54, 1.807) is 0 Å². The predicted octanol–water partition coefficient (Wildman–Crippen LogP) is 2.63. The summed E-state index contributed by atoms with van der Waals surface area (Å²) in [5.41, 5.74) is 0.764. The molecule has 2 aromatic rings. The summed E-state index contributed by atoms with van der Waals surface area (Å²) in [4.78, 5) is 16.4. The highest BCUT2D eigenvalue weighted by Crippen LogP contribution is 2.29. The highest BCUT2D eigenvalue weighted by Gasteiger charge is 2.29. The Morgan fingerprint density at radius 1 is 1.29 bits per heavy atom. The molecule has 6 heteroatoms. The van der Waals surface area contributed by atoms with Crippen molar-refractivity contribution in [1.82, 2.24) is 10.3 Å². The fourth-order valence-electron chi connectivity index (χ4n) is 3.18. The van der Waals surface area contributed by atoms with Gasteiger partial charge >= 0.3 is 0 Å². The molecular formula is C18H24N2O3S. The van der Waals surface area contributed by atoms with Crippen molar-refractivity contribution in [3.63, 3.8) is 0 Å². The van der Waals surface area contributed by atoms with Gasteiger partial charge in [-0.3, -0.25) is 4.79 Å². The van der Waals surface area contributed by atoms with Gasteiger partial charge in [-0.1, -0.05) is 31.9 Å². The molecule has 1 aliphatic rings. The summed E-state index contributed by atoms with van der Waals surface area (Å²) >= 11 is 1.30. The Morgan fingerprint density at radius 2 is 2.00 bits per heavy atom. The number of hydrogen-bond acceptors (Lipinski definition) is 5. The fourth-order valence-corrected chi connectivity index (χ4v) is 4.16. The van der Waals surface area contributed by atoms with Gasteiger partial charge in [-0.15, -0.1) is 11.3 Å². The molecule has 2 atom stereocenters. The van der Waals surface area contributed by atoms with Gasteiger partial charge in [0.2, 0.25) is 0 Å². The monoisotopic (exact) mass is 348 g/mol. The Bertz CT molecular complexity index is 661. The number of aliphatic hydroxyl groups is 2. The van der Waals surface area contributed by atoms with Gasteiger partial charge in [0.25, 0.3) is 5.91 Å². The normalized spacial score (nSPS) is 23.8. The summed E-state index contributed by atoms with van der Waals surface area (Å²) in [6, 6.07) is 7.51. The van der Waals surface area contributed by atoms with Crippen LogP contribution in [-0.4, -0.2) is 33.8 Å². The van der Waals surface area contributed by atoms with Crippen LogP contribution in [0, 0.1) is 11.8 Å². The van der Waals surface area contributed by atoms with Crippen molar-refractivity contribution >= 4 is 27.5 Å². The van der Waals surface area contributed by atoms with Crippen LogP contribution in [0.15, 0.2) is 24.3 Å². The van der Waals surface area contributed by atoms with Crippen molar-refractivity contribution in [2.75, 3.05) is 6.54 Å². The number of rotatable bonds is 5. The zero-order chi connectivity index (χ0) is 17.1. The van der Waals surface area contributed by atoms with Crippen LogP contribution in [0.2, 0.25) is 0 Å². The maximum atomic E-state index is 12.1. The second-order valence-corrected chi connectivity index (χ2v) is 7.84. The van der Waals surface area contributed by atoms with Gasteiger partial charge in [0.05, 0.1) is 10.2 Å². The largest absolute Gasteiger partial charge is 0.383 e. The van der Waals surface area contributed by atoms with Crippen LogP contribution in [-0.2, 0) is 4.79 Å². The number of hydrogen-bond donors (Lipinski definition) is 3. The van der Waals surface area contributed by atoms with Crippen LogP contribution in [0.5, 0.6) is 0 Å². The van der Waals surface area contributed by atoms with Gasteiger partial charge in [-0.25, -0.2) is 4.98 Å². The topological polar surface area (TPSA) is 82.5 Å². The molecule has 130 valence electrons. The molecule has 2 unspecified atom stereocenters. The average molecular weight is 348 g/mol. The summed E-state index contributed by atoms with van der Waals surface area (Å²) in [5, 5.41) is 23.6. The van der Waals surface area contributed by atoms with Crippen LogP contribution >= 0.6 is 11.3 Å². The molecule has 1 fully saturated rings. The minimum absolute atomic E-state index is 0.366. The van der Waals surface area contributed by atoms with Gasteiger partial charge in [0.15, 0.2) is 6.10 Å². The molecule has 1 aliphatic carbocycles. The molecule has 0 spiro atoms. The van der Waals surface area contributed by atoms with Gasteiger partial charge in [0.1, 0.15) is 11.1 Å². The van der Waals surface area contributed by atoms with Crippen LogP contribution in [0.4, 0.5) is 0 Å². The SMILES string of the molecule is CC1CCC(CNC(=O)C(O)C(O)c2nc3ccccc3s2)CC1. The summed E-state index contributed by atoms with van der Waals surface area (Å²) in [6.45, 7) is 2.82. The maximum absolute atomic E-state index is 12.1. The van der Waals surface area contributed by atoms with E-state index in [-0.39, 0.29) is 0 Å². The lowest BCUT2D eigenvalue weighted by Gasteiger charge is -2.26. The van der Waals surface area contributed by atoms with Crippen LogP contribution in [0.25, 0.3) is 10.2 Å². The van der Waals surface area contributed by atoms with E-state index in [1.165, 1.54) is 24.2 Å². The molecule has 0 bridgehead atoms. The molecule has 1 aromatic carbocycles. The van der Waals surface area contributed by atoms with Crippen LogP contribution < -0.4 is 5.32 Å². The lowest BCUT2D eigenvalue weighted by atomic mass is 9.83. The lowest BCUT2D eigenvalue weighted by molar-refractivity contribution is -0.135. The molecule has 0 saturated heterocycles. The second kappa shape index (κ2) is 7.59. The summed E-state index contributed by atoms with van der Waals surface area (Å²) in [5.74, 6) is 0.709. The zero-order valence-corrected chi connectivity index (χ0v) is 14.6. The Hall–Kier alpha value is -1.50. The first-order valence-electron chi connectivity index (χ1n) is 8.54. The molecule has 0 radical (unpaired) electrons. The van der Waals surface area contributed by atoms with E-state index in [1.807, 2.05) is 24.3 Å². The lowest BCUT2D eigenvalue weighted by Crippen LogP contribution is -2.41. The third-order valence-electron chi connectivity index (χ3n) is 4.83. The number of aliphatic hydroxyl groups excluding tert-OH is 2. The number of benzene rings is 1. The number of carbonyl (C=O) groups is 1. The van der Waals surface area contributed by atoms with E-state index in [9.17, 15) is 15.0 Å². The first-order valence-corrected chi connectivity index (χ1v) is 9.35. The zero-order valence-electron chi connectivity index (χ0n) is 13.8. The third kappa shape index (κ3) is 3.94. The number of carbonyl (C=O) groups excluding carboxylic acids is 1. The van der Waals surface area contributed by atoms with Gasteiger partial charge in [0, 0.05) is 6.54 Å². The van der Waals surface area contributed by atoms with E-state index < -0.39 is 18.1 Å². The van der Waals surface area contributed by atoms with Crippen molar-refractivity contribution in [2.45, 2.75) is 44.8 Å². The van der Waals surface area contributed by atoms with Crippen LogP contribution in [0.3, 0.4) is 0 Å². The average Bonchev–Trinajstić information content (AvgIpc) is 3.03. The van der Waals surface area contributed by atoms with E-state index in [0.717, 1.165) is 29.0 Å². The summed E-state index contributed by atoms with van der Waals surface area (Å²) in [7, 11) is 0. The number of thiazole rings is 1. The number of amides is 1. The number of aromatic nitrogens is 1. The van der Waals surface area contributed by atoms with Crippen LogP contribution in [0.1, 0.15) is 43.7 Å². The van der Waals surface area contributed by atoms with Crippen molar-refractivity contribution in [2.24, 2.45) is 11.8 Å². The molecule has 1 aromatic heterocycles. The van der Waals surface area contributed by atoms with Gasteiger partial charge in [-0.2, -0.15) is 0 Å². The summed E-state index contributed by atoms with van der Waals surface area (Å²) < 4.78 is 0.926. The molecule has 3 N–H and O–H groups in total. The number of nitrogens with one attached hydrogen (secondary N) is 1. The number of para-hydroxylation sites is 1. The third-order valence-corrected chi connectivity index (χ3v) is 5.94. The minimum Gasteiger partial charge on any atom is -0.383 e. The Morgan fingerprint density at radius 3 is 2.71 bits per heavy atom. The molecule has 5 nitrogen and oxygen atoms in total. The molecule has 1 heterocycles. The van der Waals surface area contributed by atoms with E-state index >= 15 is 0 Å². The predicted molar refractivity (Wildman–Crippen MR) is 94.7 cm³/mol. The van der Waals surface area contributed by atoms with Gasteiger partial charge in [-0.05, 0) is 36.8 Å². The van der Waals surface area contributed by atoms with Crippen molar-refractivity contribution in [3.05, 3.63) is 29.3 Å². The van der Waals surface area contributed by atoms with E-state index in [0.29, 0.717) is 17.5 Å². The molecule has 3 rings (SSSR count). The van der Waals surface area contributed by atoms with E-state index in [4.69, 9.17) is 0 Å². The smallest absolute Gasteiger partial charge is 0.252 e. The molecular weight excluding hydrogens is 324 g/mol. The number of fused-ring (bicyclic) bond motifs is 1. The molecule has 24 heavy (non-hydrogen) atoms. The second-order valence-electron chi connectivity index (χ2n) is 6.78. The Kier molecular flexibility index (Phi) is 5.48. The maximum Gasteiger partial charge on any atom is 0.252 e.